The third kappa shape index (κ3) is 9.37. The topological polar surface area (TPSA) is 184 Å². The van der Waals surface area contributed by atoms with E-state index in [0.717, 1.165) is 0 Å². The Morgan fingerprint density at radius 3 is 2.11 bits per heavy atom. The maximum absolute atomic E-state index is 12.7. The number of nitrogens with one attached hydrogen (secondary N) is 3. The summed E-state index contributed by atoms with van der Waals surface area (Å²) >= 11 is 0. The summed E-state index contributed by atoms with van der Waals surface area (Å²) in [5.74, 6) is -2.20. The fourth-order valence-electron chi connectivity index (χ4n) is 3.47. The molecule has 0 aliphatic heterocycles. The summed E-state index contributed by atoms with van der Waals surface area (Å²) in [6, 6.07) is 9.92. The van der Waals surface area contributed by atoms with Gasteiger partial charge in [0.1, 0.15) is 17.5 Å². The molecule has 12 nitrogen and oxygen atoms in total. The molecule has 0 unspecified atom stereocenters. The molecule has 0 bridgehead atoms. The Hall–Kier alpha value is -4.16. The molecule has 0 radical (unpaired) electrons. The zero-order valence-corrected chi connectivity index (χ0v) is 21.3. The highest BCUT2D eigenvalue weighted by Gasteiger charge is 2.28. The fraction of sp³-hybridized carbons (Fsp3) is 0.385. The summed E-state index contributed by atoms with van der Waals surface area (Å²) in [5, 5.41) is 37.4. The van der Waals surface area contributed by atoms with Crippen LogP contribution in [0, 0.1) is 0 Å². The first-order valence-electron chi connectivity index (χ1n) is 11.8. The molecule has 0 aliphatic carbocycles. The van der Waals surface area contributed by atoms with Crippen molar-refractivity contribution in [3.05, 3.63) is 59.7 Å². The number of aromatic hydroxyl groups is 1. The van der Waals surface area contributed by atoms with E-state index in [1.54, 1.807) is 24.3 Å². The number of benzene rings is 2. The third-order valence-electron chi connectivity index (χ3n) is 5.63. The minimum absolute atomic E-state index is 0.0407. The van der Waals surface area contributed by atoms with Crippen LogP contribution in [0.2, 0.25) is 0 Å². The molecular weight excluding hydrogens is 498 g/mol. The zero-order chi connectivity index (χ0) is 28.2. The van der Waals surface area contributed by atoms with Crippen LogP contribution >= 0.6 is 0 Å². The first-order chi connectivity index (χ1) is 18.0. The Morgan fingerprint density at radius 1 is 0.921 bits per heavy atom. The van der Waals surface area contributed by atoms with Crippen LogP contribution in [0.25, 0.3) is 0 Å². The number of amides is 3. The second kappa shape index (κ2) is 14.5. The Bertz CT molecular complexity index is 1090. The van der Waals surface area contributed by atoms with E-state index in [1.807, 2.05) is 0 Å². The van der Waals surface area contributed by atoms with Gasteiger partial charge in [0.2, 0.25) is 11.8 Å². The summed E-state index contributed by atoms with van der Waals surface area (Å²) in [6.07, 6.45) is -2.84. The average molecular weight is 532 g/mol. The Morgan fingerprint density at radius 2 is 1.55 bits per heavy atom. The molecular formula is C26H33N3O9. The molecule has 206 valence electrons. The van der Waals surface area contributed by atoms with E-state index in [2.05, 4.69) is 20.7 Å². The van der Waals surface area contributed by atoms with E-state index < -0.39 is 54.5 Å². The highest BCUT2D eigenvalue weighted by Crippen LogP contribution is 2.14. The Kier molecular flexibility index (Phi) is 11.5. The number of methoxy groups -OCH3 is 2. The van der Waals surface area contributed by atoms with E-state index in [9.17, 15) is 34.5 Å². The van der Waals surface area contributed by atoms with Gasteiger partial charge in [0, 0.05) is 5.56 Å². The van der Waals surface area contributed by atoms with Crippen molar-refractivity contribution in [2.75, 3.05) is 20.8 Å². The molecule has 6 N–H and O–H groups in total. The smallest absolute Gasteiger partial charge is 0.308 e. The number of phenols is 1. The van der Waals surface area contributed by atoms with Crippen molar-refractivity contribution in [2.24, 2.45) is 0 Å². The molecule has 12 heteroatoms. The molecule has 2 aromatic rings. The minimum Gasteiger partial charge on any atom is -0.508 e. The van der Waals surface area contributed by atoms with E-state index in [1.165, 1.54) is 45.4 Å². The van der Waals surface area contributed by atoms with Crippen molar-refractivity contribution in [2.45, 2.75) is 44.1 Å². The van der Waals surface area contributed by atoms with Gasteiger partial charge in [0.15, 0.2) is 0 Å². The van der Waals surface area contributed by atoms with Gasteiger partial charge in [-0.15, -0.1) is 0 Å². The number of esters is 1. The molecule has 0 saturated heterocycles. The summed E-state index contributed by atoms with van der Waals surface area (Å²) in [7, 11) is 2.65. The minimum atomic E-state index is -1.35. The van der Waals surface area contributed by atoms with Crippen LogP contribution in [0.15, 0.2) is 48.5 Å². The molecule has 3 amide bonds. The largest absolute Gasteiger partial charge is 0.508 e. The Labute approximate surface area is 220 Å². The Balaban J connectivity index is 2.01. The van der Waals surface area contributed by atoms with Crippen molar-refractivity contribution in [3.63, 3.8) is 0 Å². The summed E-state index contributed by atoms with van der Waals surface area (Å²) < 4.78 is 9.62. The summed E-state index contributed by atoms with van der Waals surface area (Å²) in [4.78, 5) is 49.4. The van der Waals surface area contributed by atoms with Crippen molar-refractivity contribution in [1.82, 2.24) is 16.0 Å². The first-order valence-corrected chi connectivity index (χ1v) is 11.8. The molecule has 0 fully saturated rings. The molecule has 4 atom stereocenters. The SMILES string of the molecule is COC(=O)C[C@H](O)[C@@H](Cc1ccc(O)cc1)NC(=O)CNC(=O)[C@@H](NC(=O)c1ccc(OC)cc1)[C@@H](C)O. The molecule has 2 rings (SSSR count). The number of rotatable bonds is 13. The summed E-state index contributed by atoms with van der Waals surface area (Å²) in [6.45, 7) is 0.785. The molecule has 0 aliphatic rings. The standard InChI is InChI=1S/C26H33N3O9/c1-15(30)24(29-25(35)17-6-10-19(37-2)11-7-17)26(36)27-14-22(33)28-20(21(32)13-23(34)38-3)12-16-4-8-18(31)9-5-16/h4-11,15,20-21,24,30-32H,12-14H2,1-3H3,(H,27,36)(H,28,33)(H,29,35)/t15-,20-,21+,24+/m1/s1. The van der Waals surface area contributed by atoms with E-state index in [4.69, 9.17) is 4.74 Å². The van der Waals surface area contributed by atoms with Crippen LogP contribution in [-0.2, 0) is 25.5 Å². The van der Waals surface area contributed by atoms with Gasteiger partial charge in [-0.1, -0.05) is 12.1 Å². The van der Waals surface area contributed by atoms with Crippen LogP contribution in [-0.4, -0.2) is 84.1 Å². The van der Waals surface area contributed by atoms with Gasteiger partial charge in [0.05, 0.1) is 45.4 Å². The fourth-order valence-corrected chi connectivity index (χ4v) is 3.47. The third-order valence-corrected chi connectivity index (χ3v) is 5.63. The van der Waals surface area contributed by atoms with Crippen LogP contribution in [0.5, 0.6) is 11.5 Å². The number of aliphatic hydroxyl groups is 2. The van der Waals surface area contributed by atoms with Crippen molar-refractivity contribution in [1.29, 1.82) is 0 Å². The highest BCUT2D eigenvalue weighted by molar-refractivity contribution is 5.98. The lowest BCUT2D eigenvalue weighted by molar-refractivity contribution is -0.143. The second-order valence-corrected chi connectivity index (χ2v) is 8.53. The normalized spacial score (nSPS) is 13.8. The van der Waals surface area contributed by atoms with Gasteiger partial charge in [-0.25, -0.2) is 0 Å². The lowest BCUT2D eigenvalue weighted by Crippen LogP contribution is -2.55. The van der Waals surface area contributed by atoms with Crippen molar-refractivity contribution < 1.29 is 44.0 Å². The van der Waals surface area contributed by atoms with Gasteiger partial charge >= 0.3 is 5.97 Å². The molecule has 0 heterocycles. The molecule has 0 spiro atoms. The number of phenolic OH excluding ortho intramolecular Hbond substituents is 1. The molecule has 2 aromatic carbocycles. The van der Waals surface area contributed by atoms with Crippen LogP contribution in [0.1, 0.15) is 29.3 Å². The monoisotopic (exact) mass is 531 g/mol. The molecule has 0 saturated carbocycles. The number of aliphatic hydroxyl groups excluding tert-OH is 2. The zero-order valence-electron chi connectivity index (χ0n) is 21.3. The van der Waals surface area contributed by atoms with Gasteiger partial charge in [-0.2, -0.15) is 0 Å². The van der Waals surface area contributed by atoms with Crippen LogP contribution < -0.4 is 20.7 Å². The van der Waals surface area contributed by atoms with Crippen molar-refractivity contribution in [3.8, 4) is 11.5 Å². The van der Waals surface area contributed by atoms with E-state index in [-0.39, 0.29) is 24.2 Å². The second-order valence-electron chi connectivity index (χ2n) is 8.53. The highest BCUT2D eigenvalue weighted by atomic mass is 16.5. The predicted molar refractivity (Wildman–Crippen MR) is 135 cm³/mol. The number of ether oxygens (including phenoxy) is 2. The van der Waals surface area contributed by atoms with Crippen LogP contribution in [0.4, 0.5) is 0 Å². The van der Waals surface area contributed by atoms with E-state index >= 15 is 0 Å². The van der Waals surface area contributed by atoms with Gasteiger partial charge < -0.3 is 40.7 Å². The quantitative estimate of drug-likeness (QED) is 0.188. The molecule has 0 aromatic heterocycles. The molecule has 38 heavy (non-hydrogen) atoms. The van der Waals surface area contributed by atoms with Gasteiger partial charge in [-0.3, -0.25) is 19.2 Å². The number of carbonyl (C=O) groups excluding carboxylic acids is 4. The maximum Gasteiger partial charge on any atom is 0.308 e. The van der Waals surface area contributed by atoms with Gasteiger partial charge in [-0.05, 0) is 55.3 Å². The number of hydrogen-bond donors (Lipinski definition) is 6. The van der Waals surface area contributed by atoms with Crippen molar-refractivity contribution >= 4 is 23.7 Å². The first kappa shape index (κ1) is 30.1. The lowest BCUT2D eigenvalue weighted by Gasteiger charge is -2.25. The number of hydrogen-bond acceptors (Lipinski definition) is 9. The predicted octanol–water partition coefficient (Wildman–Crippen LogP) is -0.352. The summed E-state index contributed by atoms with van der Waals surface area (Å²) in [5.41, 5.74) is 0.898. The maximum atomic E-state index is 12.7. The van der Waals surface area contributed by atoms with Gasteiger partial charge in [0.25, 0.3) is 5.91 Å². The number of carbonyl (C=O) groups is 4. The lowest BCUT2D eigenvalue weighted by atomic mass is 9.99. The average Bonchev–Trinajstić information content (AvgIpc) is 2.90. The van der Waals surface area contributed by atoms with Crippen LogP contribution in [0.3, 0.4) is 0 Å². The van der Waals surface area contributed by atoms with E-state index in [0.29, 0.717) is 11.3 Å².